The summed E-state index contributed by atoms with van der Waals surface area (Å²) in [6.45, 7) is 7.51. The first kappa shape index (κ1) is 22.7. The van der Waals surface area contributed by atoms with Gasteiger partial charge in [-0.1, -0.05) is 6.92 Å². The standard InChI is InChI=1S/C14H30N4O2.HI/c1-5-9-15-14(17-12-13(19)18(3)4)16-10-7-8-11-20-6-2;/h5-12H2,1-4H3,(H2,15,16,17);1H. The fourth-order valence-corrected chi connectivity index (χ4v) is 1.39. The number of nitrogens with one attached hydrogen (secondary N) is 2. The molecule has 0 aliphatic rings. The molecule has 0 aliphatic heterocycles. The number of unbranched alkanes of at least 4 members (excludes halogenated alkanes) is 1. The van der Waals surface area contributed by atoms with Crippen molar-refractivity contribution in [1.29, 1.82) is 0 Å². The zero-order valence-corrected chi connectivity index (χ0v) is 16.1. The summed E-state index contributed by atoms with van der Waals surface area (Å²) in [6, 6.07) is 0. The third kappa shape index (κ3) is 14.1. The summed E-state index contributed by atoms with van der Waals surface area (Å²) in [5.74, 6) is 0.706. The van der Waals surface area contributed by atoms with Crippen LogP contribution in [0.2, 0.25) is 0 Å². The molecule has 21 heavy (non-hydrogen) atoms. The zero-order chi connectivity index (χ0) is 15.2. The van der Waals surface area contributed by atoms with Crippen molar-refractivity contribution in [2.75, 3.05) is 46.9 Å². The Hall–Kier alpha value is -0.570. The zero-order valence-electron chi connectivity index (χ0n) is 13.8. The first-order valence-electron chi connectivity index (χ1n) is 7.41. The van der Waals surface area contributed by atoms with Crippen molar-refractivity contribution >= 4 is 35.8 Å². The third-order valence-corrected chi connectivity index (χ3v) is 2.63. The molecule has 0 spiro atoms. The van der Waals surface area contributed by atoms with E-state index in [9.17, 15) is 4.79 Å². The average Bonchev–Trinajstić information content (AvgIpc) is 2.44. The second-order valence-corrected chi connectivity index (χ2v) is 4.71. The molecule has 0 fully saturated rings. The van der Waals surface area contributed by atoms with Gasteiger partial charge in [0.25, 0.3) is 0 Å². The molecule has 0 unspecified atom stereocenters. The molecule has 0 aromatic rings. The van der Waals surface area contributed by atoms with Crippen LogP contribution in [0.15, 0.2) is 4.99 Å². The number of carbonyl (C=O) groups excluding carboxylic acids is 1. The summed E-state index contributed by atoms with van der Waals surface area (Å²) in [7, 11) is 3.47. The number of guanidine groups is 1. The van der Waals surface area contributed by atoms with Crippen molar-refractivity contribution in [3.8, 4) is 0 Å². The van der Waals surface area contributed by atoms with Crippen LogP contribution >= 0.6 is 24.0 Å². The molecule has 0 radical (unpaired) electrons. The number of rotatable bonds is 10. The van der Waals surface area contributed by atoms with Crippen LogP contribution in [0.4, 0.5) is 0 Å². The maximum absolute atomic E-state index is 11.5. The second-order valence-electron chi connectivity index (χ2n) is 4.71. The molecule has 0 bridgehead atoms. The lowest BCUT2D eigenvalue weighted by Crippen LogP contribution is -2.39. The number of hydrogen-bond donors (Lipinski definition) is 2. The monoisotopic (exact) mass is 414 g/mol. The molecule has 0 saturated carbocycles. The number of amides is 1. The molecule has 0 aliphatic carbocycles. The lowest BCUT2D eigenvalue weighted by molar-refractivity contribution is -0.127. The molecule has 0 saturated heterocycles. The SMILES string of the molecule is CCCNC(=NCC(=O)N(C)C)NCCCCOCC.I. The normalized spacial score (nSPS) is 10.8. The molecule has 1 amide bonds. The predicted octanol–water partition coefficient (Wildman–Crippen LogP) is 1.45. The highest BCUT2D eigenvalue weighted by Crippen LogP contribution is 1.89. The van der Waals surface area contributed by atoms with Gasteiger partial charge in [-0.15, -0.1) is 24.0 Å². The van der Waals surface area contributed by atoms with Gasteiger partial charge in [-0.2, -0.15) is 0 Å². The van der Waals surface area contributed by atoms with Gasteiger partial charge >= 0.3 is 0 Å². The molecule has 126 valence electrons. The maximum atomic E-state index is 11.5. The van der Waals surface area contributed by atoms with E-state index in [0.29, 0.717) is 5.96 Å². The number of hydrogen-bond acceptors (Lipinski definition) is 3. The second kappa shape index (κ2) is 15.8. The van der Waals surface area contributed by atoms with E-state index in [1.54, 1.807) is 19.0 Å². The van der Waals surface area contributed by atoms with Gasteiger partial charge in [0.05, 0.1) is 0 Å². The quantitative estimate of drug-likeness (QED) is 0.246. The van der Waals surface area contributed by atoms with Crippen molar-refractivity contribution < 1.29 is 9.53 Å². The largest absolute Gasteiger partial charge is 0.382 e. The van der Waals surface area contributed by atoms with Gasteiger partial charge < -0.3 is 20.3 Å². The van der Waals surface area contributed by atoms with Crippen LogP contribution in [0.3, 0.4) is 0 Å². The molecule has 0 aromatic carbocycles. The van der Waals surface area contributed by atoms with E-state index in [0.717, 1.165) is 45.6 Å². The molecule has 2 N–H and O–H groups in total. The Morgan fingerprint density at radius 1 is 1.14 bits per heavy atom. The summed E-state index contributed by atoms with van der Waals surface area (Å²) in [6.07, 6.45) is 3.07. The molecular formula is C14H31IN4O2. The number of carbonyl (C=O) groups is 1. The van der Waals surface area contributed by atoms with Gasteiger partial charge in [0.15, 0.2) is 5.96 Å². The van der Waals surface area contributed by atoms with Gasteiger partial charge in [0.2, 0.25) is 5.91 Å². The van der Waals surface area contributed by atoms with Crippen LogP contribution < -0.4 is 10.6 Å². The van der Waals surface area contributed by atoms with E-state index in [1.807, 2.05) is 6.92 Å². The highest BCUT2D eigenvalue weighted by molar-refractivity contribution is 14.0. The van der Waals surface area contributed by atoms with Crippen molar-refractivity contribution in [1.82, 2.24) is 15.5 Å². The molecule has 6 nitrogen and oxygen atoms in total. The lowest BCUT2D eigenvalue weighted by atomic mass is 10.3. The summed E-state index contributed by atoms with van der Waals surface area (Å²) < 4.78 is 5.29. The Bertz CT molecular complexity index is 286. The maximum Gasteiger partial charge on any atom is 0.243 e. The molecule has 0 aromatic heterocycles. The molecule has 7 heteroatoms. The minimum absolute atomic E-state index is 0. The summed E-state index contributed by atoms with van der Waals surface area (Å²) in [5.41, 5.74) is 0. The van der Waals surface area contributed by atoms with Crippen LogP contribution in [-0.2, 0) is 9.53 Å². The van der Waals surface area contributed by atoms with Crippen molar-refractivity contribution in [2.24, 2.45) is 4.99 Å². The van der Waals surface area contributed by atoms with E-state index in [-0.39, 0.29) is 36.4 Å². The number of ether oxygens (including phenoxy) is 1. The van der Waals surface area contributed by atoms with Crippen LogP contribution in [0, 0.1) is 0 Å². The smallest absolute Gasteiger partial charge is 0.243 e. The fraction of sp³-hybridized carbons (Fsp3) is 0.857. The average molecular weight is 414 g/mol. The number of halogens is 1. The van der Waals surface area contributed by atoms with Crippen LogP contribution in [-0.4, -0.2) is 63.7 Å². The van der Waals surface area contributed by atoms with E-state index < -0.39 is 0 Å². The van der Waals surface area contributed by atoms with Crippen LogP contribution in [0.5, 0.6) is 0 Å². The van der Waals surface area contributed by atoms with E-state index >= 15 is 0 Å². The Morgan fingerprint density at radius 2 is 1.81 bits per heavy atom. The van der Waals surface area contributed by atoms with Crippen LogP contribution in [0.1, 0.15) is 33.1 Å². The van der Waals surface area contributed by atoms with Gasteiger partial charge in [0.1, 0.15) is 6.54 Å². The van der Waals surface area contributed by atoms with Crippen LogP contribution in [0.25, 0.3) is 0 Å². The van der Waals surface area contributed by atoms with E-state index in [4.69, 9.17) is 4.74 Å². The Balaban J connectivity index is 0. The Kier molecular flexibility index (Phi) is 17.1. The van der Waals surface area contributed by atoms with E-state index in [1.165, 1.54) is 0 Å². The summed E-state index contributed by atoms with van der Waals surface area (Å²) >= 11 is 0. The predicted molar refractivity (Wildman–Crippen MR) is 98.4 cm³/mol. The number of aliphatic imine (C=N–C) groups is 1. The number of likely N-dealkylation sites (N-methyl/N-ethyl adjacent to an activating group) is 1. The highest BCUT2D eigenvalue weighted by atomic mass is 127. The van der Waals surface area contributed by atoms with Gasteiger partial charge in [-0.3, -0.25) is 4.79 Å². The minimum Gasteiger partial charge on any atom is -0.382 e. The summed E-state index contributed by atoms with van der Waals surface area (Å²) in [4.78, 5) is 17.3. The summed E-state index contributed by atoms with van der Waals surface area (Å²) in [5, 5.41) is 6.44. The lowest BCUT2D eigenvalue weighted by Gasteiger charge is -2.13. The fourth-order valence-electron chi connectivity index (χ4n) is 1.39. The van der Waals surface area contributed by atoms with Gasteiger partial charge in [-0.25, -0.2) is 4.99 Å². The molecular weight excluding hydrogens is 383 g/mol. The third-order valence-electron chi connectivity index (χ3n) is 2.63. The molecule has 0 heterocycles. The number of nitrogens with zero attached hydrogens (tertiary/aromatic N) is 2. The van der Waals surface area contributed by atoms with Crippen molar-refractivity contribution in [3.05, 3.63) is 0 Å². The first-order chi connectivity index (χ1) is 9.61. The molecule has 0 rings (SSSR count). The minimum atomic E-state index is -0.000978. The van der Waals surface area contributed by atoms with Crippen molar-refractivity contribution in [2.45, 2.75) is 33.1 Å². The topological polar surface area (TPSA) is 66.0 Å². The first-order valence-corrected chi connectivity index (χ1v) is 7.41. The van der Waals surface area contributed by atoms with Gasteiger partial charge in [0, 0.05) is 40.4 Å². The van der Waals surface area contributed by atoms with E-state index in [2.05, 4.69) is 22.5 Å². The Morgan fingerprint density at radius 3 is 2.38 bits per heavy atom. The van der Waals surface area contributed by atoms with Gasteiger partial charge in [-0.05, 0) is 26.2 Å². The highest BCUT2D eigenvalue weighted by Gasteiger charge is 2.03. The van der Waals surface area contributed by atoms with Crippen molar-refractivity contribution in [3.63, 3.8) is 0 Å². The molecule has 0 atom stereocenters. The Labute approximate surface area is 146 Å².